The molecule has 26 heavy (non-hydrogen) atoms. The monoisotopic (exact) mass is 440 g/mol. The molecule has 2 atom stereocenters. The lowest BCUT2D eigenvalue weighted by Gasteiger charge is -2.32. The molecular formula is C18H25BrN4O2S. The van der Waals surface area contributed by atoms with Crippen molar-refractivity contribution >= 4 is 44.8 Å². The molecule has 2 heterocycles. The molecule has 6 nitrogen and oxygen atoms in total. The van der Waals surface area contributed by atoms with Crippen molar-refractivity contribution in [2.24, 2.45) is 0 Å². The van der Waals surface area contributed by atoms with E-state index in [4.69, 9.17) is 9.72 Å². The number of aromatic nitrogens is 3. The van der Waals surface area contributed by atoms with E-state index in [2.05, 4.69) is 30.8 Å². The van der Waals surface area contributed by atoms with Crippen molar-refractivity contribution in [3.63, 3.8) is 0 Å². The van der Waals surface area contributed by atoms with Crippen molar-refractivity contribution < 1.29 is 9.53 Å². The highest BCUT2D eigenvalue weighted by Gasteiger charge is 2.28. The number of ether oxygens (including phenoxy) is 1. The molecule has 0 aliphatic heterocycles. The lowest BCUT2D eigenvalue weighted by atomic mass is 9.91. The van der Waals surface area contributed by atoms with Gasteiger partial charge in [-0.25, -0.2) is 14.8 Å². The fraction of sp³-hybridized carbons (Fsp3) is 0.611. The molecule has 2 aromatic heterocycles. The summed E-state index contributed by atoms with van der Waals surface area (Å²) in [6.45, 7) is 5.64. The largest absolute Gasteiger partial charge is 0.444 e. The van der Waals surface area contributed by atoms with Gasteiger partial charge in [0.1, 0.15) is 15.7 Å². The molecule has 1 aliphatic rings. The molecule has 1 amide bonds. The SMILES string of the molecule is CSc1nc2cnc(Br)cc2n1[C@@H]1CCC[C@H](NC(=O)OC(C)(C)C)C1. The van der Waals surface area contributed by atoms with Crippen LogP contribution in [0.2, 0.25) is 0 Å². The summed E-state index contributed by atoms with van der Waals surface area (Å²) in [4.78, 5) is 21.1. The number of nitrogens with one attached hydrogen (secondary N) is 1. The predicted molar refractivity (Wildman–Crippen MR) is 108 cm³/mol. The molecule has 0 aromatic carbocycles. The Labute approximate surface area is 166 Å². The van der Waals surface area contributed by atoms with Crippen molar-refractivity contribution in [1.82, 2.24) is 19.9 Å². The maximum Gasteiger partial charge on any atom is 0.407 e. The van der Waals surface area contributed by atoms with Crippen LogP contribution >= 0.6 is 27.7 Å². The van der Waals surface area contributed by atoms with Crippen molar-refractivity contribution in [2.75, 3.05) is 6.26 Å². The van der Waals surface area contributed by atoms with Gasteiger partial charge in [0, 0.05) is 12.1 Å². The molecule has 0 spiro atoms. The number of rotatable bonds is 3. The van der Waals surface area contributed by atoms with E-state index in [1.54, 1.807) is 18.0 Å². The number of hydrogen-bond acceptors (Lipinski definition) is 5. The maximum atomic E-state index is 12.1. The summed E-state index contributed by atoms with van der Waals surface area (Å²) >= 11 is 5.10. The molecule has 0 unspecified atom stereocenters. The number of hydrogen-bond donors (Lipinski definition) is 1. The van der Waals surface area contributed by atoms with Crippen molar-refractivity contribution in [3.8, 4) is 0 Å². The van der Waals surface area contributed by atoms with Crippen LogP contribution in [-0.4, -0.2) is 38.5 Å². The van der Waals surface area contributed by atoms with E-state index in [0.29, 0.717) is 6.04 Å². The van der Waals surface area contributed by atoms with E-state index >= 15 is 0 Å². The molecule has 3 rings (SSSR count). The molecule has 2 aromatic rings. The number of carbonyl (C=O) groups is 1. The Morgan fingerprint density at radius 3 is 2.88 bits per heavy atom. The van der Waals surface area contributed by atoms with E-state index in [0.717, 1.165) is 46.5 Å². The molecule has 1 N–H and O–H groups in total. The van der Waals surface area contributed by atoms with Gasteiger partial charge in [0.05, 0.1) is 11.7 Å². The van der Waals surface area contributed by atoms with Crippen LogP contribution < -0.4 is 5.32 Å². The standard InChI is InChI=1S/C18H25BrN4O2S/c1-18(2,3)25-17(24)21-11-6-5-7-12(8-11)23-14-9-15(19)20-10-13(14)22-16(23)26-4/h9-12H,5-8H2,1-4H3,(H,21,24)/t11-,12+/m0/s1. The average molecular weight is 441 g/mol. The molecule has 0 saturated heterocycles. The van der Waals surface area contributed by atoms with Crippen molar-refractivity contribution in [2.45, 2.75) is 69.3 Å². The van der Waals surface area contributed by atoms with E-state index in [9.17, 15) is 4.79 Å². The average Bonchev–Trinajstić information content (AvgIpc) is 2.90. The first kappa shape index (κ1) is 19.5. The van der Waals surface area contributed by atoms with Gasteiger partial charge < -0.3 is 14.6 Å². The fourth-order valence-corrected chi connectivity index (χ4v) is 4.41. The number of imidazole rings is 1. The topological polar surface area (TPSA) is 69.0 Å². The molecule has 8 heteroatoms. The van der Waals surface area contributed by atoms with Crippen LogP contribution in [0, 0.1) is 0 Å². The quantitative estimate of drug-likeness (QED) is 0.541. The van der Waals surface area contributed by atoms with Gasteiger partial charge in [-0.15, -0.1) is 0 Å². The number of thioether (sulfide) groups is 1. The summed E-state index contributed by atoms with van der Waals surface area (Å²) < 4.78 is 8.51. The molecular weight excluding hydrogens is 416 g/mol. The maximum absolute atomic E-state index is 12.1. The molecule has 1 fully saturated rings. The first-order chi connectivity index (χ1) is 12.3. The summed E-state index contributed by atoms with van der Waals surface area (Å²) in [5.41, 5.74) is 1.50. The lowest BCUT2D eigenvalue weighted by Crippen LogP contribution is -2.41. The smallest absolute Gasteiger partial charge is 0.407 e. The summed E-state index contributed by atoms with van der Waals surface area (Å²) in [7, 11) is 0. The van der Waals surface area contributed by atoms with Crippen LogP contribution in [0.4, 0.5) is 4.79 Å². The number of halogens is 1. The summed E-state index contributed by atoms with van der Waals surface area (Å²) in [5, 5.41) is 4.03. The number of pyridine rings is 1. The van der Waals surface area contributed by atoms with Crippen LogP contribution in [0.15, 0.2) is 22.0 Å². The second kappa shape index (κ2) is 7.76. The van der Waals surface area contributed by atoms with E-state index in [1.807, 2.05) is 33.1 Å². The summed E-state index contributed by atoms with van der Waals surface area (Å²) in [5.74, 6) is 0. The Kier molecular flexibility index (Phi) is 5.81. The second-order valence-corrected chi connectivity index (χ2v) is 9.21. The van der Waals surface area contributed by atoms with Gasteiger partial charge in [0.15, 0.2) is 5.16 Å². The third kappa shape index (κ3) is 4.52. The van der Waals surface area contributed by atoms with Crippen LogP contribution in [0.3, 0.4) is 0 Å². The second-order valence-electron chi connectivity index (χ2n) is 7.63. The third-order valence-electron chi connectivity index (χ3n) is 4.43. The summed E-state index contributed by atoms with van der Waals surface area (Å²) in [6, 6.07) is 2.43. The van der Waals surface area contributed by atoms with E-state index < -0.39 is 5.60 Å². The van der Waals surface area contributed by atoms with Gasteiger partial charge >= 0.3 is 6.09 Å². The number of amides is 1. The Morgan fingerprint density at radius 2 is 2.19 bits per heavy atom. The number of carbonyl (C=O) groups excluding carboxylic acids is 1. The zero-order chi connectivity index (χ0) is 18.9. The Balaban J connectivity index is 1.80. The zero-order valence-electron chi connectivity index (χ0n) is 15.6. The van der Waals surface area contributed by atoms with Gasteiger partial charge in [-0.05, 0) is 74.7 Å². The third-order valence-corrected chi connectivity index (χ3v) is 5.51. The highest BCUT2D eigenvalue weighted by Crippen LogP contribution is 2.35. The Bertz CT molecular complexity index is 802. The van der Waals surface area contributed by atoms with Crippen LogP contribution in [0.25, 0.3) is 11.0 Å². The highest BCUT2D eigenvalue weighted by atomic mass is 79.9. The lowest BCUT2D eigenvalue weighted by molar-refractivity contribution is 0.0485. The molecule has 1 saturated carbocycles. The fourth-order valence-electron chi connectivity index (χ4n) is 3.45. The van der Waals surface area contributed by atoms with Gasteiger partial charge in [-0.3, -0.25) is 0 Å². The summed E-state index contributed by atoms with van der Waals surface area (Å²) in [6.07, 6.45) is 7.49. The predicted octanol–water partition coefficient (Wildman–Crippen LogP) is 4.92. The van der Waals surface area contributed by atoms with Gasteiger partial charge in [-0.1, -0.05) is 11.8 Å². The molecule has 1 aliphatic carbocycles. The Hall–Kier alpha value is -1.28. The molecule has 142 valence electrons. The Morgan fingerprint density at radius 1 is 1.42 bits per heavy atom. The number of alkyl carbamates (subject to hydrolysis) is 1. The molecule has 0 bridgehead atoms. The first-order valence-corrected chi connectivity index (χ1v) is 10.9. The normalized spacial score (nSPS) is 21.0. The van der Waals surface area contributed by atoms with Crippen LogP contribution in [0.5, 0.6) is 0 Å². The highest BCUT2D eigenvalue weighted by molar-refractivity contribution is 9.10. The first-order valence-electron chi connectivity index (χ1n) is 8.84. The molecule has 0 radical (unpaired) electrons. The minimum atomic E-state index is -0.482. The van der Waals surface area contributed by atoms with Gasteiger partial charge in [0.2, 0.25) is 0 Å². The van der Waals surface area contributed by atoms with E-state index in [1.165, 1.54) is 0 Å². The minimum Gasteiger partial charge on any atom is -0.444 e. The van der Waals surface area contributed by atoms with Crippen LogP contribution in [0.1, 0.15) is 52.5 Å². The van der Waals surface area contributed by atoms with Crippen LogP contribution in [-0.2, 0) is 4.74 Å². The van der Waals surface area contributed by atoms with Gasteiger partial charge in [0.25, 0.3) is 0 Å². The minimum absolute atomic E-state index is 0.112. The zero-order valence-corrected chi connectivity index (χ0v) is 18.0. The number of nitrogens with zero attached hydrogens (tertiary/aromatic N) is 3. The van der Waals surface area contributed by atoms with Crippen molar-refractivity contribution in [3.05, 3.63) is 16.9 Å². The van der Waals surface area contributed by atoms with Crippen molar-refractivity contribution in [1.29, 1.82) is 0 Å². The van der Waals surface area contributed by atoms with E-state index in [-0.39, 0.29) is 12.1 Å². The number of fused-ring (bicyclic) bond motifs is 1. The van der Waals surface area contributed by atoms with Gasteiger partial charge in [-0.2, -0.15) is 0 Å².